The molecule has 5 nitrogen and oxygen atoms in total. The maximum Gasteiger partial charge on any atom is 0.352 e. The van der Waals surface area contributed by atoms with Gasteiger partial charge in [0, 0.05) is 11.8 Å². The molecular formula is C14H20NO4PS. The Balaban J connectivity index is 0.000000491. The lowest BCUT2D eigenvalue weighted by Gasteiger charge is -2.20. The maximum absolute atomic E-state index is 11.5. The number of hydrogen-bond acceptors (Lipinski definition) is 4. The van der Waals surface area contributed by atoms with Crippen LogP contribution < -0.4 is 5.32 Å². The van der Waals surface area contributed by atoms with Crippen LogP contribution in [0.3, 0.4) is 0 Å². The van der Waals surface area contributed by atoms with Crippen molar-refractivity contribution in [3.05, 3.63) is 52.7 Å². The lowest BCUT2D eigenvalue weighted by molar-refractivity contribution is 0.216. The first-order chi connectivity index (χ1) is 9.80. The van der Waals surface area contributed by atoms with E-state index in [0.29, 0.717) is 11.3 Å². The van der Waals surface area contributed by atoms with Crippen molar-refractivity contribution in [3.8, 4) is 0 Å². The summed E-state index contributed by atoms with van der Waals surface area (Å²) in [6, 6.07) is 10.7. The first-order valence-corrected chi connectivity index (χ1v) is 9.00. The number of aliphatic hydroxyl groups excluding tert-OH is 1. The van der Waals surface area contributed by atoms with Crippen molar-refractivity contribution < 1.29 is 19.5 Å². The highest BCUT2D eigenvalue weighted by molar-refractivity contribution is 7.52. The molecule has 1 aromatic heterocycles. The van der Waals surface area contributed by atoms with E-state index in [0.717, 1.165) is 0 Å². The molecule has 4 N–H and O–H groups in total. The maximum atomic E-state index is 11.5. The summed E-state index contributed by atoms with van der Waals surface area (Å²) in [6.07, 6.45) is -0.167. The molecule has 0 radical (unpaired) electrons. The topological polar surface area (TPSA) is 89.8 Å². The highest BCUT2D eigenvalue weighted by atomic mass is 32.1. The lowest BCUT2D eigenvalue weighted by Crippen LogP contribution is -2.10. The monoisotopic (exact) mass is 329 g/mol. The van der Waals surface area contributed by atoms with E-state index in [1.54, 1.807) is 42.8 Å². The molecule has 116 valence electrons. The molecule has 1 heterocycles. The van der Waals surface area contributed by atoms with Crippen molar-refractivity contribution >= 4 is 24.6 Å². The van der Waals surface area contributed by atoms with Crippen LogP contribution in [0.5, 0.6) is 0 Å². The van der Waals surface area contributed by atoms with Crippen LogP contribution in [0.1, 0.15) is 25.2 Å². The predicted octanol–water partition coefficient (Wildman–Crippen LogP) is 3.42. The standard InChI is InChI=1S/C11H12NO3PS.C3H8O/c13-16(14,15)11(9-6-7-17-8-9)12-10-4-2-1-3-5-10;1-3(2)4/h1-8,11-12H,(H2,13,14,15);3-4H,1-2H3. The first-order valence-electron chi connectivity index (χ1n) is 6.37. The predicted molar refractivity (Wildman–Crippen MR) is 86.5 cm³/mol. The Kier molecular flexibility index (Phi) is 7.08. The Labute approximate surface area is 128 Å². The molecule has 2 rings (SSSR count). The van der Waals surface area contributed by atoms with Crippen LogP contribution in [0.4, 0.5) is 5.69 Å². The molecule has 0 aliphatic heterocycles. The number of para-hydroxylation sites is 1. The van der Waals surface area contributed by atoms with Gasteiger partial charge >= 0.3 is 7.60 Å². The van der Waals surface area contributed by atoms with E-state index in [-0.39, 0.29) is 6.10 Å². The summed E-state index contributed by atoms with van der Waals surface area (Å²) in [5.41, 5.74) is 1.29. The Morgan fingerprint density at radius 1 is 1.14 bits per heavy atom. The van der Waals surface area contributed by atoms with Gasteiger partial charge in [0.15, 0.2) is 5.78 Å². The third kappa shape index (κ3) is 6.89. The smallest absolute Gasteiger partial charge is 0.352 e. The van der Waals surface area contributed by atoms with E-state index in [4.69, 9.17) is 5.11 Å². The minimum absolute atomic E-state index is 0.167. The molecule has 0 spiro atoms. The van der Waals surface area contributed by atoms with Crippen LogP contribution in [0, 0.1) is 0 Å². The van der Waals surface area contributed by atoms with Gasteiger partial charge in [-0.15, -0.1) is 0 Å². The highest BCUT2D eigenvalue weighted by Crippen LogP contribution is 2.52. The Morgan fingerprint density at radius 2 is 1.71 bits per heavy atom. The number of nitrogens with one attached hydrogen (secondary N) is 1. The summed E-state index contributed by atoms with van der Waals surface area (Å²) in [5.74, 6) is -0.990. The zero-order valence-electron chi connectivity index (χ0n) is 11.9. The average molecular weight is 329 g/mol. The highest BCUT2D eigenvalue weighted by Gasteiger charge is 2.30. The van der Waals surface area contributed by atoms with Gasteiger partial charge in [0.2, 0.25) is 0 Å². The molecular weight excluding hydrogens is 309 g/mol. The van der Waals surface area contributed by atoms with Gasteiger partial charge in [-0.1, -0.05) is 18.2 Å². The van der Waals surface area contributed by atoms with E-state index >= 15 is 0 Å². The van der Waals surface area contributed by atoms with Crippen LogP contribution in [-0.2, 0) is 4.57 Å². The number of thiophene rings is 1. The third-order valence-electron chi connectivity index (χ3n) is 2.27. The number of rotatable bonds is 4. The number of anilines is 1. The summed E-state index contributed by atoms with van der Waals surface area (Å²) in [6.45, 7) is 3.44. The first kappa shape index (κ1) is 17.9. The van der Waals surface area contributed by atoms with Gasteiger partial charge in [-0.2, -0.15) is 11.3 Å². The number of benzene rings is 1. The van der Waals surface area contributed by atoms with Crippen molar-refractivity contribution in [1.82, 2.24) is 0 Å². The van der Waals surface area contributed by atoms with E-state index in [9.17, 15) is 14.4 Å². The SMILES string of the molecule is CC(C)O.O=P(O)(O)C(Nc1ccccc1)c1ccsc1. The Morgan fingerprint density at radius 3 is 2.14 bits per heavy atom. The molecule has 7 heteroatoms. The van der Waals surface area contributed by atoms with Crippen LogP contribution in [-0.4, -0.2) is 21.0 Å². The summed E-state index contributed by atoms with van der Waals surface area (Å²) < 4.78 is 11.5. The second kappa shape index (κ2) is 8.32. The lowest BCUT2D eigenvalue weighted by atomic mass is 10.3. The van der Waals surface area contributed by atoms with Gasteiger partial charge < -0.3 is 20.2 Å². The van der Waals surface area contributed by atoms with Crippen molar-refractivity contribution in [2.24, 2.45) is 0 Å². The molecule has 0 aliphatic rings. The molecule has 0 bridgehead atoms. The molecule has 0 saturated carbocycles. The van der Waals surface area contributed by atoms with Crippen LogP contribution in [0.15, 0.2) is 47.2 Å². The van der Waals surface area contributed by atoms with Gasteiger partial charge in [-0.05, 0) is 48.4 Å². The minimum Gasteiger partial charge on any atom is -0.394 e. The van der Waals surface area contributed by atoms with E-state index in [1.807, 2.05) is 18.2 Å². The second-order valence-corrected chi connectivity index (χ2v) is 7.13. The molecule has 0 amide bonds. The van der Waals surface area contributed by atoms with E-state index < -0.39 is 13.4 Å². The Hall–Kier alpha value is -1.17. The number of hydrogen-bond donors (Lipinski definition) is 4. The van der Waals surface area contributed by atoms with Crippen LogP contribution in [0.25, 0.3) is 0 Å². The van der Waals surface area contributed by atoms with Gasteiger partial charge in [-0.3, -0.25) is 4.57 Å². The van der Waals surface area contributed by atoms with Gasteiger partial charge in [-0.25, -0.2) is 0 Å². The summed E-state index contributed by atoms with van der Waals surface area (Å²) >= 11 is 1.41. The fourth-order valence-corrected chi connectivity index (χ4v) is 3.14. The average Bonchev–Trinajstić information content (AvgIpc) is 2.88. The van der Waals surface area contributed by atoms with Gasteiger partial charge in [0.05, 0.1) is 0 Å². The quantitative estimate of drug-likeness (QED) is 0.645. The molecule has 2 aromatic rings. The fraction of sp³-hybridized carbons (Fsp3) is 0.286. The van der Waals surface area contributed by atoms with Gasteiger partial charge in [0.1, 0.15) is 0 Å². The van der Waals surface area contributed by atoms with Crippen molar-refractivity contribution in [2.45, 2.75) is 25.7 Å². The number of aliphatic hydroxyl groups is 1. The zero-order chi connectivity index (χ0) is 15.9. The molecule has 0 fully saturated rings. The summed E-state index contributed by atoms with van der Waals surface area (Å²) in [4.78, 5) is 18.7. The van der Waals surface area contributed by atoms with Crippen LogP contribution >= 0.6 is 18.9 Å². The minimum atomic E-state index is -4.23. The molecule has 1 unspecified atom stereocenters. The second-order valence-electron chi connectivity index (χ2n) is 4.65. The van der Waals surface area contributed by atoms with E-state index in [2.05, 4.69) is 5.32 Å². The van der Waals surface area contributed by atoms with Crippen molar-refractivity contribution in [1.29, 1.82) is 0 Å². The molecule has 1 atom stereocenters. The Bertz CT molecular complexity index is 551. The fourth-order valence-electron chi connectivity index (χ4n) is 1.48. The summed E-state index contributed by atoms with van der Waals surface area (Å²) in [7, 11) is -4.23. The largest absolute Gasteiger partial charge is 0.394 e. The molecule has 0 saturated heterocycles. The van der Waals surface area contributed by atoms with E-state index in [1.165, 1.54) is 11.3 Å². The van der Waals surface area contributed by atoms with Crippen LogP contribution in [0.2, 0.25) is 0 Å². The van der Waals surface area contributed by atoms with Crippen molar-refractivity contribution in [3.63, 3.8) is 0 Å². The zero-order valence-corrected chi connectivity index (χ0v) is 13.6. The normalized spacial score (nSPS) is 12.5. The molecule has 0 aliphatic carbocycles. The van der Waals surface area contributed by atoms with Gasteiger partial charge in [0.25, 0.3) is 0 Å². The molecule has 21 heavy (non-hydrogen) atoms. The third-order valence-corrected chi connectivity index (χ3v) is 4.07. The molecule has 1 aromatic carbocycles. The summed E-state index contributed by atoms with van der Waals surface area (Å²) in [5, 5.41) is 14.5. The van der Waals surface area contributed by atoms with Crippen molar-refractivity contribution in [2.75, 3.05) is 5.32 Å².